The third kappa shape index (κ3) is 3.67. The number of methoxy groups -OCH3 is 2. The summed E-state index contributed by atoms with van der Waals surface area (Å²) in [5.41, 5.74) is 2.78. The highest BCUT2D eigenvalue weighted by atomic mass is 79.9. The van der Waals surface area contributed by atoms with Crippen molar-refractivity contribution in [2.75, 3.05) is 19.5 Å². The molecule has 0 aliphatic heterocycles. The molecule has 2 aromatic rings. The first-order chi connectivity index (χ1) is 10.0. The van der Waals surface area contributed by atoms with Crippen LogP contribution in [0.15, 0.2) is 34.8 Å². The van der Waals surface area contributed by atoms with E-state index in [4.69, 9.17) is 9.47 Å². The lowest BCUT2D eigenvalue weighted by atomic mass is 10.1. The third-order valence-corrected chi connectivity index (χ3v) is 3.63. The summed E-state index contributed by atoms with van der Waals surface area (Å²) in [6, 6.07) is 8.81. The summed E-state index contributed by atoms with van der Waals surface area (Å²) in [5.74, 6) is 0.628. The Labute approximate surface area is 132 Å². The largest absolute Gasteiger partial charge is 0.495 e. The molecule has 1 N–H and O–H groups in total. The van der Waals surface area contributed by atoms with Gasteiger partial charge in [0, 0.05) is 11.0 Å². The summed E-state index contributed by atoms with van der Waals surface area (Å²) < 4.78 is 24.9. The van der Waals surface area contributed by atoms with E-state index in [1.807, 2.05) is 25.1 Å². The topological polar surface area (TPSA) is 30.5 Å². The fraction of sp³-hybridized carbons (Fsp3) is 0.250. The Balaban J connectivity index is 2.18. The van der Waals surface area contributed by atoms with Gasteiger partial charge in [-0.15, -0.1) is 0 Å². The first-order valence-electron chi connectivity index (χ1n) is 6.45. The Bertz CT molecular complexity index is 646. The maximum absolute atomic E-state index is 13.7. The monoisotopic (exact) mass is 353 g/mol. The SMILES string of the molecule is COc1ccc(CNc2c(C)cc(Br)cc2OC)cc1F. The molecule has 2 aromatic carbocycles. The number of anilines is 1. The van der Waals surface area contributed by atoms with Gasteiger partial charge in [-0.1, -0.05) is 22.0 Å². The second-order valence-electron chi connectivity index (χ2n) is 4.62. The molecule has 0 atom stereocenters. The number of ether oxygens (including phenoxy) is 2. The molecule has 0 fully saturated rings. The Morgan fingerprint density at radius 1 is 1.10 bits per heavy atom. The molecular weight excluding hydrogens is 337 g/mol. The van der Waals surface area contributed by atoms with Gasteiger partial charge in [0.1, 0.15) is 5.75 Å². The predicted molar refractivity (Wildman–Crippen MR) is 85.7 cm³/mol. The molecule has 0 heterocycles. The van der Waals surface area contributed by atoms with Gasteiger partial charge in [0.15, 0.2) is 11.6 Å². The number of aryl methyl sites for hydroxylation is 1. The van der Waals surface area contributed by atoms with E-state index in [0.717, 1.165) is 27.0 Å². The number of hydrogen-bond donors (Lipinski definition) is 1. The minimum atomic E-state index is -0.365. The van der Waals surface area contributed by atoms with E-state index in [2.05, 4.69) is 21.2 Å². The van der Waals surface area contributed by atoms with Crippen molar-refractivity contribution in [3.05, 3.63) is 51.7 Å². The Kier molecular flexibility index (Phi) is 5.07. The molecule has 5 heteroatoms. The molecule has 0 saturated heterocycles. The lowest BCUT2D eigenvalue weighted by molar-refractivity contribution is 0.386. The lowest BCUT2D eigenvalue weighted by Crippen LogP contribution is -2.04. The molecule has 0 radical (unpaired) electrons. The van der Waals surface area contributed by atoms with Crippen LogP contribution in [0.25, 0.3) is 0 Å². The van der Waals surface area contributed by atoms with Gasteiger partial charge in [-0.3, -0.25) is 0 Å². The maximum Gasteiger partial charge on any atom is 0.165 e. The average Bonchev–Trinajstić information content (AvgIpc) is 2.45. The summed E-state index contributed by atoms with van der Waals surface area (Å²) in [6.07, 6.45) is 0. The van der Waals surface area contributed by atoms with Gasteiger partial charge in [0.25, 0.3) is 0 Å². The number of hydrogen-bond acceptors (Lipinski definition) is 3. The molecule has 2 rings (SSSR count). The van der Waals surface area contributed by atoms with Crippen LogP contribution in [0.4, 0.5) is 10.1 Å². The second kappa shape index (κ2) is 6.80. The molecule has 0 saturated carbocycles. The van der Waals surface area contributed by atoms with E-state index < -0.39 is 0 Å². The van der Waals surface area contributed by atoms with Gasteiger partial charge in [0.05, 0.1) is 19.9 Å². The average molecular weight is 354 g/mol. The van der Waals surface area contributed by atoms with Crippen LogP contribution in [0, 0.1) is 12.7 Å². The van der Waals surface area contributed by atoms with E-state index in [9.17, 15) is 4.39 Å². The molecule has 0 unspecified atom stereocenters. The van der Waals surface area contributed by atoms with Crippen LogP contribution in [0.3, 0.4) is 0 Å². The van der Waals surface area contributed by atoms with Crippen LogP contribution in [0.1, 0.15) is 11.1 Å². The highest BCUT2D eigenvalue weighted by Gasteiger charge is 2.09. The van der Waals surface area contributed by atoms with Crippen molar-refractivity contribution in [1.29, 1.82) is 0 Å². The number of benzene rings is 2. The van der Waals surface area contributed by atoms with Gasteiger partial charge in [-0.2, -0.15) is 0 Å². The number of halogens is 2. The van der Waals surface area contributed by atoms with Crippen molar-refractivity contribution < 1.29 is 13.9 Å². The zero-order chi connectivity index (χ0) is 15.4. The smallest absolute Gasteiger partial charge is 0.165 e. The van der Waals surface area contributed by atoms with E-state index in [1.165, 1.54) is 13.2 Å². The Hall–Kier alpha value is -1.75. The molecule has 0 aliphatic carbocycles. The van der Waals surface area contributed by atoms with E-state index in [0.29, 0.717) is 6.54 Å². The van der Waals surface area contributed by atoms with Crippen molar-refractivity contribution in [3.63, 3.8) is 0 Å². The zero-order valence-electron chi connectivity index (χ0n) is 12.2. The van der Waals surface area contributed by atoms with E-state index >= 15 is 0 Å². The molecular formula is C16H17BrFNO2. The minimum absolute atomic E-state index is 0.246. The van der Waals surface area contributed by atoms with Gasteiger partial charge in [-0.25, -0.2) is 4.39 Å². The summed E-state index contributed by atoms with van der Waals surface area (Å²) in [6.45, 7) is 2.49. The van der Waals surface area contributed by atoms with E-state index in [1.54, 1.807) is 13.2 Å². The number of nitrogens with one attached hydrogen (secondary N) is 1. The highest BCUT2D eigenvalue weighted by Crippen LogP contribution is 2.32. The van der Waals surface area contributed by atoms with Crippen molar-refractivity contribution >= 4 is 21.6 Å². The van der Waals surface area contributed by atoms with Crippen molar-refractivity contribution in [1.82, 2.24) is 0 Å². The van der Waals surface area contributed by atoms with Crippen molar-refractivity contribution in [3.8, 4) is 11.5 Å². The van der Waals surface area contributed by atoms with Crippen LogP contribution in [-0.2, 0) is 6.54 Å². The van der Waals surface area contributed by atoms with E-state index in [-0.39, 0.29) is 11.6 Å². The zero-order valence-corrected chi connectivity index (χ0v) is 13.8. The van der Waals surface area contributed by atoms with Gasteiger partial charge in [-0.05, 0) is 42.3 Å². The molecule has 3 nitrogen and oxygen atoms in total. The standard InChI is InChI=1S/C16H17BrFNO2/c1-10-6-12(17)8-15(21-3)16(10)19-9-11-4-5-14(20-2)13(18)7-11/h4-8,19H,9H2,1-3H3. The highest BCUT2D eigenvalue weighted by molar-refractivity contribution is 9.10. The minimum Gasteiger partial charge on any atom is -0.495 e. The van der Waals surface area contributed by atoms with Crippen LogP contribution >= 0.6 is 15.9 Å². The molecule has 0 bridgehead atoms. The van der Waals surface area contributed by atoms with Crippen molar-refractivity contribution in [2.24, 2.45) is 0 Å². The molecule has 0 aliphatic rings. The molecule has 0 amide bonds. The quantitative estimate of drug-likeness (QED) is 0.856. The lowest BCUT2D eigenvalue weighted by Gasteiger charge is -2.15. The predicted octanol–water partition coefficient (Wildman–Crippen LogP) is 4.53. The first kappa shape index (κ1) is 15.6. The summed E-state index contributed by atoms with van der Waals surface area (Å²) in [7, 11) is 3.08. The van der Waals surface area contributed by atoms with Gasteiger partial charge >= 0.3 is 0 Å². The maximum atomic E-state index is 13.7. The van der Waals surface area contributed by atoms with Crippen molar-refractivity contribution in [2.45, 2.75) is 13.5 Å². The molecule has 112 valence electrons. The van der Waals surface area contributed by atoms with Gasteiger partial charge in [0.2, 0.25) is 0 Å². The Morgan fingerprint density at radius 2 is 1.81 bits per heavy atom. The van der Waals surface area contributed by atoms with Crippen LogP contribution in [0.5, 0.6) is 11.5 Å². The van der Waals surface area contributed by atoms with Crippen LogP contribution < -0.4 is 14.8 Å². The fourth-order valence-electron chi connectivity index (χ4n) is 2.11. The molecule has 0 aromatic heterocycles. The van der Waals surface area contributed by atoms with Gasteiger partial charge < -0.3 is 14.8 Å². The summed E-state index contributed by atoms with van der Waals surface area (Å²) >= 11 is 3.44. The fourth-order valence-corrected chi connectivity index (χ4v) is 2.66. The first-order valence-corrected chi connectivity index (χ1v) is 7.25. The summed E-state index contributed by atoms with van der Waals surface area (Å²) in [5, 5.41) is 3.29. The Morgan fingerprint density at radius 3 is 2.43 bits per heavy atom. The van der Waals surface area contributed by atoms with Crippen LogP contribution in [-0.4, -0.2) is 14.2 Å². The molecule has 0 spiro atoms. The third-order valence-electron chi connectivity index (χ3n) is 3.17. The summed E-state index contributed by atoms with van der Waals surface area (Å²) in [4.78, 5) is 0. The van der Waals surface area contributed by atoms with Crippen LogP contribution in [0.2, 0.25) is 0 Å². The second-order valence-corrected chi connectivity index (χ2v) is 5.54. The molecule has 21 heavy (non-hydrogen) atoms. The normalized spacial score (nSPS) is 10.3. The number of rotatable bonds is 5.